The number of aromatic amines is 2. The second-order valence-electron chi connectivity index (χ2n) is 5.37. The van der Waals surface area contributed by atoms with Crippen molar-refractivity contribution in [3.63, 3.8) is 0 Å². The fourth-order valence-corrected chi connectivity index (χ4v) is 5.01. The molecule has 3 aromatic rings. The summed E-state index contributed by atoms with van der Waals surface area (Å²) in [5, 5.41) is 6.80. The number of H-pyrrole nitrogens is 2. The van der Waals surface area contributed by atoms with Crippen molar-refractivity contribution < 1.29 is 0 Å². The molecule has 8 heteroatoms. The Morgan fingerprint density at radius 1 is 1.36 bits per heavy atom. The number of fused-ring (bicyclic) bond motifs is 3. The van der Waals surface area contributed by atoms with Gasteiger partial charge in [-0.3, -0.25) is 19.3 Å². The van der Waals surface area contributed by atoms with Gasteiger partial charge in [0.05, 0.1) is 5.39 Å². The molecule has 0 saturated heterocycles. The zero-order valence-electron chi connectivity index (χ0n) is 11.9. The van der Waals surface area contributed by atoms with Crippen LogP contribution in [0.5, 0.6) is 0 Å². The number of rotatable bonds is 3. The Kier molecular flexibility index (Phi) is 3.23. The van der Waals surface area contributed by atoms with Crippen molar-refractivity contribution in [2.24, 2.45) is 7.05 Å². The highest BCUT2D eigenvalue weighted by Gasteiger charge is 2.22. The van der Waals surface area contributed by atoms with Crippen LogP contribution in [0, 0.1) is 0 Å². The Labute approximate surface area is 133 Å². The summed E-state index contributed by atoms with van der Waals surface area (Å²) in [7, 11) is 1.76. The highest BCUT2D eigenvalue weighted by molar-refractivity contribution is 7.98. The number of aryl methyl sites for hydroxylation is 2. The van der Waals surface area contributed by atoms with Crippen LogP contribution in [-0.2, 0) is 25.6 Å². The Bertz CT molecular complexity index is 979. The Balaban J connectivity index is 1.74. The summed E-state index contributed by atoms with van der Waals surface area (Å²) in [5.41, 5.74) is 1.88. The van der Waals surface area contributed by atoms with Gasteiger partial charge in [-0.1, -0.05) is 11.8 Å². The monoisotopic (exact) mass is 334 g/mol. The molecule has 0 bridgehead atoms. The van der Waals surface area contributed by atoms with Crippen molar-refractivity contribution in [1.29, 1.82) is 0 Å². The number of nitrogens with zero attached hydrogens (tertiary/aromatic N) is 2. The van der Waals surface area contributed by atoms with Crippen molar-refractivity contribution in [1.82, 2.24) is 19.7 Å². The molecule has 1 aliphatic rings. The summed E-state index contributed by atoms with van der Waals surface area (Å²) in [5.74, 6) is 0.565. The first-order chi connectivity index (χ1) is 10.6. The molecule has 0 fully saturated rings. The van der Waals surface area contributed by atoms with Crippen molar-refractivity contribution in [2.75, 3.05) is 0 Å². The number of aromatic nitrogens is 4. The molecule has 0 atom stereocenters. The smallest absolute Gasteiger partial charge is 0.264 e. The highest BCUT2D eigenvalue weighted by atomic mass is 32.2. The molecule has 0 unspecified atom stereocenters. The van der Waals surface area contributed by atoms with E-state index in [0.717, 1.165) is 35.2 Å². The van der Waals surface area contributed by atoms with E-state index in [1.807, 2.05) is 0 Å². The van der Waals surface area contributed by atoms with Gasteiger partial charge >= 0.3 is 0 Å². The summed E-state index contributed by atoms with van der Waals surface area (Å²) < 4.78 is 1.61. The third-order valence-electron chi connectivity index (χ3n) is 3.91. The topological polar surface area (TPSA) is 83.5 Å². The maximum absolute atomic E-state index is 12.6. The standard InChI is InChI=1S/C14H14N4O2S2/c1-18-13(20)11-8-3-2-4-9(8)22-12(11)15-14(18)21-6-7-5-10(19)17-16-7/h5H,2-4,6H2,1H3,(H2,16,17,19). The molecular formula is C14H14N4O2S2. The predicted octanol–water partition coefficient (Wildman–Crippen LogP) is 1.79. The largest absolute Gasteiger partial charge is 0.301 e. The molecule has 0 spiro atoms. The first kappa shape index (κ1) is 13.8. The van der Waals surface area contributed by atoms with Gasteiger partial charge in [0.1, 0.15) is 4.83 Å². The lowest BCUT2D eigenvalue weighted by molar-refractivity contribution is 0.726. The van der Waals surface area contributed by atoms with Crippen LogP contribution in [0.1, 0.15) is 22.6 Å². The second-order valence-corrected chi connectivity index (χ2v) is 7.39. The third-order valence-corrected chi connectivity index (χ3v) is 6.18. The lowest BCUT2D eigenvalue weighted by atomic mass is 10.2. The zero-order chi connectivity index (χ0) is 15.3. The molecular weight excluding hydrogens is 320 g/mol. The summed E-state index contributed by atoms with van der Waals surface area (Å²) in [6.45, 7) is 0. The molecule has 2 N–H and O–H groups in total. The van der Waals surface area contributed by atoms with Crippen molar-refractivity contribution >= 4 is 33.3 Å². The van der Waals surface area contributed by atoms with Gasteiger partial charge in [0.2, 0.25) is 0 Å². The van der Waals surface area contributed by atoms with Gasteiger partial charge in [-0.2, -0.15) is 0 Å². The SMILES string of the molecule is Cn1c(SCc2cc(=O)[nH][nH]2)nc2sc3c(c2c1=O)CCC3. The Hall–Kier alpha value is -1.80. The van der Waals surface area contributed by atoms with Crippen LogP contribution >= 0.6 is 23.1 Å². The van der Waals surface area contributed by atoms with E-state index in [0.29, 0.717) is 10.9 Å². The Morgan fingerprint density at radius 3 is 3.00 bits per heavy atom. The molecule has 0 saturated carbocycles. The van der Waals surface area contributed by atoms with Crippen LogP contribution in [0.3, 0.4) is 0 Å². The second kappa shape index (κ2) is 5.13. The van der Waals surface area contributed by atoms with Gasteiger partial charge in [-0.05, 0) is 24.8 Å². The van der Waals surface area contributed by atoms with E-state index < -0.39 is 0 Å². The van der Waals surface area contributed by atoms with Crippen LogP contribution in [0.15, 0.2) is 20.8 Å². The van der Waals surface area contributed by atoms with E-state index in [2.05, 4.69) is 15.2 Å². The van der Waals surface area contributed by atoms with Gasteiger partial charge in [-0.25, -0.2) is 4.98 Å². The molecule has 22 heavy (non-hydrogen) atoms. The zero-order valence-corrected chi connectivity index (χ0v) is 13.6. The minimum atomic E-state index is -0.150. The van der Waals surface area contributed by atoms with Crippen LogP contribution in [0.25, 0.3) is 10.2 Å². The Morgan fingerprint density at radius 2 is 2.23 bits per heavy atom. The molecule has 114 valence electrons. The summed E-state index contributed by atoms with van der Waals surface area (Å²) in [4.78, 5) is 30.6. The molecule has 0 aliphatic heterocycles. The fraction of sp³-hybridized carbons (Fsp3) is 0.357. The third kappa shape index (κ3) is 2.14. The van der Waals surface area contributed by atoms with Gasteiger partial charge in [-0.15, -0.1) is 11.3 Å². The van der Waals surface area contributed by atoms with E-state index >= 15 is 0 Å². The molecule has 0 radical (unpaired) electrons. The van der Waals surface area contributed by atoms with Gasteiger partial charge < -0.3 is 5.10 Å². The number of nitrogens with one attached hydrogen (secondary N) is 2. The number of hydrogen-bond acceptors (Lipinski definition) is 5. The van der Waals surface area contributed by atoms with Crippen molar-refractivity contribution in [3.05, 3.63) is 42.9 Å². The van der Waals surface area contributed by atoms with E-state index in [-0.39, 0.29) is 11.1 Å². The first-order valence-electron chi connectivity index (χ1n) is 7.04. The average molecular weight is 334 g/mol. The summed E-state index contributed by atoms with van der Waals surface area (Å²) in [6, 6.07) is 1.52. The minimum absolute atomic E-state index is 0.0365. The first-order valence-corrected chi connectivity index (χ1v) is 8.84. The maximum atomic E-state index is 12.6. The average Bonchev–Trinajstić information content (AvgIpc) is 3.16. The van der Waals surface area contributed by atoms with E-state index in [9.17, 15) is 9.59 Å². The van der Waals surface area contributed by atoms with Crippen LogP contribution < -0.4 is 11.1 Å². The van der Waals surface area contributed by atoms with E-state index in [4.69, 9.17) is 0 Å². The molecule has 4 rings (SSSR count). The summed E-state index contributed by atoms with van der Waals surface area (Å²) in [6.07, 6.45) is 3.19. The van der Waals surface area contributed by atoms with Crippen LogP contribution in [0.4, 0.5) is 0 Å². The minimum Gasteiger partial charge on any atom is -0.301 e. The lowest BCUT2D eigenvalue weighted by Gasteiger charge is -2.06. The lowest BCUT2D eigenvalue weighted by Crippen LogP contribution is -2.20. The molecule has 0 aromatic carbocycles. The predicted molar refractivity (Wildman–Crippen MR) is 87.9 cm³/mol. The number of thiophene rings is 1. The molecule has 3 heterocycles. The molecule has 1 aliphatic carbocycles. The van der Waals surface area contributed by atoms with Gasteiger partial charge in [0.15, 0.2) is 5.16 Å². The highest BCUT2D eigenvalue weighted by Crippen LogP contribution is 2.35. The van der Waals surface area contributed by atoms with E-state index in [1.165, 1.54) is 28.3 Å². The van der Waals surface area contributed by atoms with Crippen LogP contribution in [-0.4, -0.2) is 19.7 Å². The van der Waals surface area contributed by atoms with Gasteiger partial charge in [0, 0.05) is 29.4 Å². The van der Waals surface area contributed by atoms with E-state index in [1.54, 1.807) is 23.0 Å². The molecule has 6 nitrogen and oxygen atoms in total. The quantitative estimate of drug-likeness (QED) is 0.565. The van der Waals surface area contributed by atoms with Crippen molar-refractivity contribution in [2.45, 2.75) is 30.2 Å². The number of hydrogen-bond donors (Lipinski definition) is 2. The molecule has 0 amide bonds. The van der Waals surface area contributed by atoms with Crippen molar-refractivity contribution in [3.8, 4) is 0 Å². The van der Waals surface area contributed by atoms with Gasteiger partial charge in [0.25, 0.3) is 11.1 Å². The normalized spacial score (nSPS) is 13.9. The fourth-order valence-electron chi connectivity index (χ4n) is 2.83. The maximum Gasteiger partial charge on any atom is 0.264 e. The summed E-state index contributed by atoms with van der Waals surface area (Å²) >= 11 is 3.10. The number of thioether (sulfide) groups is 1. The van der Waals surface area contributed by atoms with Crippen LogP contribution in [0.2, 0.25) is 0 Å². The molecule has 3 aromatic heterocycles.